The molecule has 4 N–H and O–H groups in total. The van der Waals surface area contributed by atoms with Crippen molar-refractivity contribution in [1.29, 1.82) is 0 Å². The van der Waals surface area contributed by atoms with Gasteiger partial charge in [-0.15, -0.1) is 0 Å². The summed E-state index contributed by atoms with van der Waals surface area (Å²) < 4.78 is 19.1. The molecular weight excluding hydrogens is 249 g/mol. The molecule has 0 bridgehead atoms. The third-order valence-corrected chi connectivity index (χ3v) is 3.16. The number of rotatable bonds is 5. The summed E-state index contributed by atoms with van der Waals surface area (Å²) in [7, 11) is 3.80. The van der Waals surface area contributed by atoms with Crippen molar-refractivity contribution in [3.63, 3.8) is 0 Å². The van der Waals surface area contributed by atoms with E-state index in [0.717, 1.165) is 6.07 Å². The Kier molecular flexibility index (Phi) is 4.36. The van der Waals surface area contributed by atoms with Crippen molar-refractivity contribution in [3.05, 3.63) is 23.5 Å². The minimum atomic E-state index is -0.714. The number of nitrogen functional groups attached to an aromatic ring is 1. The first-order valence-electron chi connectivity index (χ1n) is 5.84. The summed E-state index contributed by atoms with van der Waals surface area (Å²) in [6, 6.07) is 2.27. The normalized spacial score (nSPS) is 11.7. The van der Waals surface area contributed by atoms with E-state index in [-0.39, 0.29) is 29.1 Å². The maximum absolute atomic E-state index is 13.7. The molecule has 0 atom stereocenters. The van der Waals surface area contributed by atoms with Crippen molar-refractivity contribution in [2.75, 3.05) is 26.4 Å². The number of anilines is 1. The number of primary amides is 1. The van der Waals surface area contributed by atoms with Gasteiger partial charge < -0.3 is 21.1 Å². The first kappa shape index (κ1) is 15.2. The molecule has 6 heteroatoms. The largest absolute Gasteiger partial charge is 0.489 e. The number of carbonyl (C=O) groups excluding carboxylic acids is 1. The molecule has 0 unspecified atom stereocenters. The lowest BCUT2D eigenvalue weighted by molar-refractivity contribution is 0.0998. The highest BCUT2D eigenvalue weighted by Crippen LogP contribution is 2.25. The Hall–Kier alpha value is -1.82. The number of likely N-dealkylation sites (N-methyl/N-ethyl adjacent to an activating group) is 1. The lowest BCUT2D eigenvalue weighted by atomic mass is 10.1. The van der Waals surface area contributed by atoms with Crippen molar-refractivity contribution < 1.29 is 13.9 Å². The molecule has 0 fully saturated rings. The summed E-state index contributed by atoms with van der Waals surface area (Å²) in [6.07, 6.45) is 0. The van der Waals surface area contributed by atoms with Crippen molar-refractivity contribution in [2.45, 2.75) is 19.4 Å². The van der Waals surface area contributed by atoms with Gasteiger partial charge in [0.25, 0.3) is 5.91 Å². The SMILES string of the molecule is CN(C)C(C)(C)COc1cc(C(N)=O)c(N)cc1F. The number of halogens is 1. The van der Waals surface area contributed by atoms with Gasteiger partial charge in [-0.25, -0.2) is 4.39 Å². The van der Waals surface area contributed by atoms with Crippen LogP contribution in [-0.2, 0) is 0 Å². The highest BCUT2D eigenvalue weighted by molar-refractivity contribution is 5.98. The van der Waals surface area contributed by atoms with E-state index in [4.69, 9.17) is 16.2 Å². The van der Waals surface area contributed by atoms with E-state index in [0.29, 0.717) is 0 Å². The Morgan fingerprint density at radius 3 is 2.47 bits per heavy atom. The topological polar surface area (TPSA) is 81.6 Å². The van der Waals surface area contributed by atoms with E-state index in [1.54, 1.807) is 0 Å². The van der Waals surface area contributed by atoms with Crippen LogP contribution in [0.4, 0.5) is 10.1 Å². The summed E-state index contributed by atoms with van der Waals surface area (Å²) in [5.41, 5.74) is 10.5. The maximum atomic E-state index is 13.7. The van der Waals surface area contributed by atoms with E-state index in [1.165, 1.54) is 6.07 Å². The van der Waals surface area contributed by atoms with Crippen LogP contribution in [-0.4, -0.2) is 37.0 Å². The first-order chi connectivity index (χ1) is 8.65. The quantitative estimate of drug-likeness (QED) is 0.788. The Morgan fingerprint density at radius 2 is 2.00 bits per heavy atom. The van der Waals surface area contributed by atoms with Crippen LogP contribution in [0.15, 0.2) is 12.1 Å². The number of hydrogen-bond acceptors (Lipinski definition) is 4. The zero-order valence-electron chi connectivity index (χ0n) is 11.7. The predicted octanol–water partition coefficient (Wildman–Crippen LogP) is 1.23. The van der Waals surface area contributed by atoms with Gasteiger partial charge in [0.2, 0.25) is 0 Å². The summed E-state index contributed by atoms with van der Waals surface area (Å²) in [5.74, 6) is -1.36. The average Bonchev–Trinajstić information content (AvgIpc) is 2.27. The molecule has 19 heavy (non-hydrogen) atoms. The fourth-order valence-electron chi connectivity index (χ4n) is 1.28. The number of amides is 1. The van der Waals surface area contributed by atoms with Gasteiger partial charge in [-0.05, 0) is 34.0 Å². The second-order valence-corrected chi connectivity index (χ2v) is 5.23. The molecule has 1 amide bonds. The Bertz CT molecular complexity index is 487. The van der Waals surface area contributed by atoms with Gasteiger partial charge in [0.05, 0.1) is 5.56 Å². The van der Waals surface area contributed by atoms with Crippen LogP contribution in [0.5, 0.6) is 5.75 Å². The van der Waals surface area contributed by atoms with Crippen molar-refractivity contribution in [3.8, 4) is 5.75 Å². The summed E-state index contributed by atoms with van der Waals surface area (Å²) in [6.45, 7) is 4.17. The molecule has 1 aromatic carbocycles. The number of benzene rings is 1. The van der Waals surface area contributed by atoms with Crippen LogP contribution in [0.2, 0.25) is 0 Å². The second kappa shape index (κ2) is 5.44. The van der Waals surface area contributed by atoms with E-state index >= 15 is 0 Å². The molecule has 0 aliphatic heterocycles. The highest BCUT2D eigenvalue weighted by Gasteiger charge is 2.22. The molecule has 0 aliphatic rings. The minimum Gasteiger partial charge on any atom is -0.489 e. The molecule has 5 nitrogen and oxygen atoms in total. The highest BCUT2D eigenvalue weighted by atomic mass is 19.1. The molecule has 0 aromatic heterocycles. The zero-order valence-corrected chi connectivity index (χ0v) is 11.7. The average molecular weight is 269 g/mol. The van der Waals surface area contributed by atoms with Crippen molar-refractivity contribution >= 4 is 11.6 Å². The predicted molar refractivity (Wildman–Crippen MR) is 72.6 cm³/mol. The number of nitrogens with zero attached hydrogens (tertiary/aromatic N) is 1. The molecule has 0 aliphatic carbocycles. The first-order valence-corrected chi connectivity index (χ1v) is 5.84. The van der Waals surface area contributed by atoms with Crippen LogP contribution in [0, 0.1) is 5.82 Å². The van der Waals surface area contributed by atoms with Gasteiger partial charge in [-0.2, -0.15) is 0 Å². The Morgan fingerprint density at radius 1 is 1.42 bits per heavy atom. The van der Waals surface area contributed by atoms with E-state index < -0.39 is 11.7 Å². The molecule has 0 heterocycles. The third-order valence-electron chi connectivity index (χ3n) is 3.16. The van der Waals surface area contributed by atoms with Crippen LogP contribution < -0.4 is 16.2 Å². The van der Waals surface area contributed by atoms with Crippen molar-refractivity contribution in [2.24, 2.45) is 5.73 Å². The summed E-state index contributed by atoms with van der Waals surface area (Å²) in [5, 5.41) is 0. The van der Waals surface area contributed by atoms with E-state index in [9.17, 15) is 9.18 Å². The van der Waals surface area contributed by atoms with Crippen LogP contribution >= 0.6 is 0 Å². The van der Waals surface area contributed by atoms with Gasteiger partial charge in [0.15, 0.2) is 11.6 Å². The third kappa shape index (κ3) is 3.57. The molecule has 1 rings (SSSR count). The van der Waals surface area contributed by atoms with E-state index in [2.05, 4.69) is 0 Å². The van der Waals surface area contributed by atoms with Crippen molar-refractivity contribution in [1.82, 2.24) is 4.90 Å². The maximum Gasteiger partial charge on any atom is 0.250 e. The molecule has 0 spiro atoms. The molecule has 0 saturated heterocycles. The van der Waals surface area contributed by atoms with Gasteiger partial charge >= 0.3 is 0 Å². The van der Waals surface area contributed by atoms with E-state index in [1.807, 2.05) is 32.8 Å². The van der Waals surface area contributed by atoms with Crippen LogP contribution in [0.25, 0.3) is 0 Å². The number of ether oxygens (including phenoxy) is 1. The van der Waals surface area contributed by atoms with Gasteiger partial charge in [0.1, 0.15) is 6.61 Å². The second-order valence-electron chi connectivity index (χ2n) is 5.23. The molecule has 1 aromatic rings. The molecule has 0 radical (unpaired) electrons. The fourth-order valence-corrected chi connectivity index (χ4v) is 1.28. The summed E-state index contributed by atoms with van der Waals surface area (Å²) in [4.78, 5) is 13.1. The van der Waals surface area contributed by atoms with Crippen LogP contribution in [0.3, 0.4) is 0 Å². The number of hydrogen-bond donors (Lipinski definition) is 2. The smallest absolute Gasteiger partial charge is 0.250 e. The Labute approximate surface area is 112 Å². The lowest BCUT2D eigenvalue weighted by Crippen LogP contribution is -2.43. The monoisotopic (exact) mass is 269 g/mol. The molecular formula is C13H20FN3O2. The van der Waals surface area contributed by atoms with Gasteiger partial charge in [-0.1, -0.05) is 0 Å². The molecule has 0 saturated carbocycles. The number of carbonyl (C=O) groups is 1. The molecule has 106 valence electrons. The Balaban J connectivity index is 2.96. The lowest BCUT2D eigenvalue weighted by Gasteiger charge is -2.32. The zero-order chi connectivity index (χ0) is 14.8. The standard InChI is InChI=1S/C13H20FN3O2/c1-13(2,17(3)4)7-19-11-5-8(12(16)18)10(15)6-9(11)14/h5-6H,7,15H2,1-4H3,(H2,16,18). The van der Waals surface area contributed by atoms with Gasteiger partial charge in [-0.3, -0.25) is 4.79 Å². The van der Waals surface area contributed by atoms with Gasteiger partial charge in [0, 0.05) is 17.3 Å². The minimum absolute atomic E-state index is 0.00391. The fraction of sp³-hybridized carbons (Fsp3) is 0.462. The number of nitrogens with two attached hydrogens (primary N) is 2. The summed E-state index contributed by atoms with van der Waals surface area (Å²) >= 11 is 0. The van der Waals surface area contributed by atoms with Crippen LogP contribution in [0.1, 0.15) is 24.2 Å².